The van der Waals surface area contributed by atoms with Crippen LogP contribution in [0.3, 0.4) is 0 Å². The molecule has 3 aromatic carbocycles. The van der Waals surface area contributed by atoms with E-state index in [2.05, 4.69) is 16.4 Å². The van der Waals surface area contributed by atoms with Crippen LogP contribution in [0.25, 0.3) is 11.0 Å². The Morgan fingerprint density at radius 1 is 0.854 bits per heavy atom. The molecule has 0 saturated carbocycles. The summed E-state index contributed by atoms with van der Waals surface area (Å²) in [5.41, 5.74) is 3.22. The lowest BCUT2D eigenvalue weighted by atomic mass is 9.74. The number of aliphatic hydroxyl groups excluding tert-OH is 1. The normalized spacial score (nSPS) is 28.8. The number of para-hydroxylation sites is 2. The summed E-state index contributed by atoms with van der Waals surface area (Å²) < 4.78 is -0.0971. The first-order valence-corrected chi connectivity index (χ1v) is 17.1. The van der Waals surface area contributed by atoms with Crippen molar-refractivity contribution in [1.82, 2.24) is 24.8 Å². The van der Waals surface area contributed by atoms with Gasteiger partial charge in [-0.1, -0.05) is 90.2 Å². The highest BCUT2D eigenvalue weighted by Gasteiger charge is 2.74. The molecule has 10 nitrogen and oxygen atoms in total. The van der Waals surface area contributed by atoms with Gasteiger partial charge in [0.25, 0.3) is 0 Å². The maximum Gasteiger partial charge on any atom is 0.248 e. The van der Waals surface area contributed by atoms with Crippen molar-refractivity contribution in [2.75, 3.05) is 24.6 Å². The average molecular weight is 661 g/mol. The van der Waals surface area contributed by atoms with Crippen molar-refractivity contribution < 1.29 is 19.5 Å². The molecule has 8 rings (SSSR count). The first kappa shape index (κ1) is 30.6. The van der Waals surface area contributed by atoms with Gasteiger partial charge in [-0.05, 0) is 43.2 Å². The molecule has 4 aliphatic heterocycles. The predicted octanol–water partition coefficient (Wildman–Crippen LogP) is 3.68. The van der Waals surface area contributed by atoms with Crippen LogP contribution >= 0.6 is 11.8 Å². The zero-order valence-electron chi connectivity index (χ0n) is 26.5. The Bertz CT molecular complexity index is 1950. The summed E-state index contributed by atoms with van der Waals surface area (Å²) in [4.78, 5) is 49.9. The zero-order valence-corrected chi connectivity index (χ0v) is 27.3. The highest BCUT2D eigenvalue weighted by atomic mass is 32.2. The molecule has 1 spiro atoms. The van der Waals surface area contributed by atoms with Gasteiger partial charge < -0.3 is 19.8 Å². The number of rotatable bonds is 7. The van der Waals surface area contributed by atoms with Gasteiger partial charge in [0.1, 0.15) is 18.2 Å². The van der Waals surface area contributed by atoms with E-state index in [1.54, 1.807) is 19.4 Å². The summed E-state index contributed by atoms with van der Waals surface area (Å²) in [6.07, 6.45) is 8.39. The Balaban J connectivity index is 1.24. The summed E-state index contributed by atoms with van der Waals surface area (Å²) >= 11 is 1.54. The lowest BCUT2D eigenvalue weighted by Crippen LogP contribution is -2.57. The molecule has 1 aromatic heterocycles. The Kier molecular flexibility index (Phi) is 7.48. The maximum atomic E-state index is 15.1. The number of thioether (sulfide) groups is 1. The van der Waals surface area contributed by atoms with Crippen molar-refractivity contribution in [3.8, 4) is 0 Å². The summed E-state index contributed by atoms with van der Waals surface area (Å²) in [6, 6.07) is 25.1. The highest BCUT2D eigenvalue weighted by Crippen LogP contribution is 2.66. The van der Waals surface area contributed by atoms with Gasteiger partial charge in [-0.2, -0.15) is 0 Å². The molecule has 5 heterocycles. The van der Waals surface area contributed by atoms with Crippen LogP contribution in [0.4, 0.5) is 5.69 Å². The molecule has 48 heavy (non-hydrogen) atoms. The third-order valence-corrected chi connectivity index (χ3v) is 12.1. The number of fused-ring (bicyclic) bond motifs is 3. The molecular formula is C37H36N6O4S. The number of benzene rings is 3. The summed E-state index contributed by atoms with van der Waals surface area (Å²) in [6.45, 7) is 2.50. The molecule has 2 saturated heterocycles. The number of anilines is 1. The maximum absolute atomic E-state index is 15.1. The van der Waals surface area contributed by atoms with E-state index in [-0.39, 0.29) is 31.0 Å². The number of nitrogens with zero attached hydrogens (tertiary/aromatic N) is 6. The van der Waals surface area contributed by atoms with Crippen molar-refractivity contribution in [1.29, 1.82) is 0 Å². The molecule has 244 valence electrons. The van der Waals surface area contributed by atoms with Crippen molar-refractivity contribution in [2.24, 2.45) is 11.8 Å². The molecule has 1 N–H and O–H groups in total. The monoisotopic (exact) mass is 660 g/mol. The third kappa shape index (κ3) is 4.70. The molecule has 2 fully saturated rings. The number of likely N-dealkylation sites (tertiary alicyclic amines) is 1. The summed E-state index contributed by atoms with van der Waals surface area (Å²) in [7, 11) is 0. The van der Waals surface area contributed by atoms with Crippen molar-refractivity contribution >= 4 is 46.2 Å². The first-order chi connectivity index (χ1) is 23.3. The number of hydrogen-bond donors (Lipinski definition) is 1. The number of hydrogen-bond acceptors (Lipinski definition) is 7. The molecule has 3 amide bonds. The van der Waals surface area contributed by atoms with E-state index in [0.29, 0.717) is 19.5 Å². The van der Waals surface area contributed by atoms with Gasteiger partial charge >= 0.3 is 0 Å². The fraction of sp³-hybridized carbons (Fsp3) is 0.324. The quantitative estimate of drug-likeness (QED) is 0.301. The first-order valence-electron chi connectivity index (χ1n) is 16.3. The van der Waals surface area contributed by atoms with E-state index in [0.717, 1.165) is 22.3 Å². The van der Waals surface area contributed by atoms with E-state index >= 15 is 9.59 Å². The predicted molar refractivity (Wildman–Crippen MR) is 184 cm³/mol. The van der Waals surface area contributed by atoms with Gasteiger partial charge in [0, 0.05) is 23.5 Å². The lowest BCUT2D eigenvalue weighted by molar-refractivity contribution is -0.146. The highest BCUT2D eigenvalue weighted by molar-refractivity contribution is 8.02. The minimum atomic E-state index is -1.05. The van der Waals surface area contributed by atoms with Gasteiger partial charge in [-0.15, -0.1) is 16.9 Å². The second kappa shape index (κ2) is 11.7. The Hall–Kier alpha value is -4.74. The molecule has 0 aliphatic carbocycles. The molecule has 4 aliphatic rings. The van der Waals surface area contributed by atoms with Crippen LogP contribution in [0.5, 0.6) is 0 Å². The molecule has 0 radical (unpaired) electrons. The van der Waals surface area contributed by atoms with Crippen LogP contribution in [0, 0.1) is 11.8 Å². The second-order valence-corrected chi connectivity index (χ2v) is 14.9. The minimum absolute atomic E-state index is 0.136. The lowest BCUT2D eigenvalue weighted by Gasteiger charge is -2.39. The SMILES string of the molecule is C[C@]12C=CCN(c3ccccc3)C(=O)[C@H]1[C@H]1C(=O)N([C@@H](CO)Cc3ccccc3)C3C(=O)N(Cn4nnc5ccccc54)CC=C[C@@]31S2. The molecule has 1 unspecified atom stereocenters. The Morgan fingerprint density at radius 2 is 1.56 bits per heavy atom. The largest absolute Gasteiger partial charge is 0.394 e. The van der Waals surface area contributed by atoms with Gasteiger partial charge in [-0.3, -0.25) is 14.4 Å². The number of carbonyl (C=O) groups is 3. The second-order valence-electron chi connectivity index (χ2n) is 13.1. The number of amides is 3. The van der Waals surface area contributed by atoms with Gasteiger partial charge in [-0.25, -0.2) is 4.68 Å². The molecule has 11 heteroatoms. The van der Waals surface area contributed by atoms with Gasteiger partial charge in [0.05, 0.1) is 34.7 Å². The number of aliphatic hydroxyl groups is 1. The van der Waals surface area contributed by atoms with Gasteiger partial charge in [0.2, 0.25) is 17.7 Å². The summed E-state index contributed by atoms with van der Waals surface area (Å²) in [5.74, 6) is -2.22. The van der Waals surface area contributed by atoms with Crippen molar-refractivity contribution in [3.63, 3.8) is 0 Å². The fourth-order valence-electron chi connectivity index (χ4n) is 8.19. The van der Waals surface area contributed by atoms with Crippen LogP contribution < -0.4 is 4.90 Å². The van der Waals surface area contributed by atoms with E-state index in [1.807, 2.05) is 110 Å². The van der Waals surface area contributed by atoms with Crippen LogP contribution in [-0.4, -0.2) is 88.9 Å². The minimum Gasteiger partial charge on any atom is -0.394 e. The molecule has 6 atom stereocenters. The molecule has 0 bridgehead atoms. The van der Waals surface area contributed by atoms with E-state index in [9.17, 15) is 9.90 Å². The average Bonchev–Trinajstić information content (AvgIpc) is 3.64. The van der Waals surface area contributed by atoms with Gasteiger partial charge in [0.15, 0.2) is 0 Å². The molecular weight excluding hydrogens is 625 g/mol. The third-order valence-electron chi connectivity index (χ3n) is 10.3. The van der Waals surface area contributed by atoms with E-state index < -0.39 is 33.4 Å². The zero-order chi connectivity index (χ0) is 33.0. The topological polar surface area (TPSA) is 112 Å². The van der Waals surface area contributed by atoms with E-state index in [1.165, 1.54) is 11.8 Å². The standard InChI is InChI=1S/C37H36N6O4S/c1-36-18-10-21-41(26-14-6-3-7-15-26)33(45)30(36)31-34(46)43(27(23-44)22-25-12-4-2-5-13-25)32-35(47)40(20-11-19-37(31,32)48-36)24-42-29-17-9-8-16-28(29)38-39-42/h2-19,27,30-32,44H,20-24H2,1H3/t27-,30-,31+,32?,36+,37+/m1/s1. The van der Waals surface area contributed by atoms with Crippen molar-refractivity contribution in [2.45, 2.75) is 41.6 Å². The van der Waals surface area contributed by atoms with Crippen LogP contribution in [0.1, 0.15) is 12.5 Å². The van der Waals surface area contributed by atoms with Crippen LogP contribution in [-0.2, 0) is 27.5 Å². The number of aromatic nitrogens is 3. The molecule has 4 aromatic rings. The van der Waals surface area contributed by atoms with E-state index in [4.69, 9.17) is 0 Å². The van der Waals surface area contributed by atoms with Crippen LogP contribution in [0.15, 0.2) is 109 Å². The smallest absolute Gasteiger partial charge is 0.248 e. The van der Waals surface area contributed by atoms with Crippen molar-refractivity contribution in [3.05, 3.63) is 115 Å². The van der Waals surface area contributed by atoms with Crippen LogP contribution in [0.2, 0.25) is 0 Å². The Labute approximate surface area is 282 Å². The Morgan fingerprint density at radius 3 is 2.33 bits per heavy atom. The number of carbonyl (C=O) groups excluding carboxylic acids is 3. The summed E-state index contributed by atoms with van der Waals surface area (Å²) in [5, 5.41) is 19.5. The fourth-order valence-corrected chi connectivity index (χ4v) is 10.3.